The van der Waals surface area contributed by atoms with Gasteiger partial charge in [0, 0.05) is 37.8 Å². The zero-order valence-corrected chi connectivity index (χ0v) is 19.1. The van der Waals surface area contributed by atoms with Gasteiger partial charge < -0.3 is 9.47 Å². The zero-order chi connectivity index (χ0) is 21.5. The van der Waals surface area contributed by atoms with Gasteiger partial charge in [0.15, 0.2) is 22.0 Å². The number of thiazole rings is 1. The molecule has 3 aromatic heterocycles. The fourth-order valence-electron chi connectivity index (χ4n) is 4.10. The summed E-state index contributed by atoms with van der Waals surface area (Å²) < 4.78 is 1.79. The van der Waals surface area contributed by atoms with E-state index in [0.717, 1.165) is 37.5 Å². The lowest BCUT2D eigenvalue weighted by molar-refractivity contribution is 0.0973. The fourth-order valence-corrected chi connectivity index (χ4v) is 4.67. The molecule has 0 amide bonds. The molecule has 0 bridgehead atoms. The lowest BCUT2D eigenvalue weighted by Crippen LogP contribution is -2.47. The van der Waals surface area contributed by atoms with Gasteiger partial charge in [0.2, 0.25) is 5.78 Å². The van der Waals surface area contributed by atoms with Crippen molar-refractivity contribution < 1.29 is 4.79 Å². The number of piperazine rings is 1. The maximum atomic E-state index is 12.4. The first kappa shape index (κ1) is 21.8. The van der Waals surface area contributed by atoms with Crippen molar-refractivity contribution in [2.45, 2.75) is 52.0 Å². The van der Waals surface area contributed by atoms with Crippen molar-refractivity contribution >= 4 is 34.1 Å². The normalized spacial score (nSPS) is 15.1. The summed E-state index contributed by atoms with van der Waals surface area (Å²) in [7, 11) is 0. The SMILES string of the molecule is CCCCCCCCN1CCN(c2ncnc3c2ncn3CC(=O)c2nccs2)CC1. The molecule has 0 radical (unpaired) electrons. The number of aromatic nitrogens is 5. The Morgan fingerprint density at radius 3 is 2.58 bits per heavy atom. The molecule has 4 heterocycles. The number of fused-ring (bicyclic) bond motifs is 1. The Bertz CT molecular complexity index is 964. The van der Waals surface area contributed by atoms with Gasteiger partial charge in [-0.05, 0) is 13.0 Å². The first-order valence-corrected chi connectivity index (χ1v) is 12.2. The number of carbonyl (C=O) groups is 1. The van der Waals surface area contributed by atoms with Crippen molar-refractivity contribution in [3.8, 4) is 0 Å². The van der Waals surface area contributed by atoms with Crippen LogP contribution in [0.2, 0.25) is 0 Å². The Morgan fingerprint density at radius 2 is 1.81 bits per heavy atom. The molecule has 0 saturated carbocycles. The monoisotopic (exact) mass is 441 g/mol. The highest BCUT2D eigenvalue weighted by Crippen LogP contribution is 2.23. The first-order valence-electron chi connectivity index (χ1n) is 11.3. The van der Waals surface area contributed by atoms with Gasteiger partial charge in [-0.25, -0.2) is 19.9 Å². The number of Topliss-reactive ketones (excluding diaryl/α,β-unsaturated/α-hetero) is 1. The highest BCUT2D eigenvalue weighted by atomic mass is 32.1. The topological polar surface area (TPSA) is 80.0 Å². The molecule has 0 N–H and O–H groups in total. The summed E-state index contributed by atoms with van der Waals surface area (Å²) in [6, 6.07) is 0. The van der Waals surface area contributed by atoms with E-state index in [0.29, 0.717) is 10.7 Å². The van der Waals surface area contributed by atoms with Gasteiger partial charge in [-0.2, -0.15) is 0 Å². The van der Waals surface area contributed by atoms with Gasteiger partial charge >= 0.3 is 0 Å². The van der Waals surface area contributed by atoms with Crippen LogP contribution in [-0.2, 0) is 6.54 Å². The van der Waals surface area contributed by atoms with Crippen LogP contribution in [-0.4, -0.2) is 67.9 Å². The number of ketones is 1. The van der Waals surface area contributed by atoms with Crippen LogP contribution in [0.5, 0.6) is 0 Å². The van der Waals surface area contributed by atoms with Crippen LogP contribution in [0.15, 0.2) is 24.2 Å². The van der Waals surface area contributed by atoms with Crippen LogP contribution in [0, 0.1) is 0 Å². The third-order valence-electron chi connectivity index (χ3n) is 5.87. The van der Waals surface area contributed by atoms with E-state index in [4.69, 9.17) is 0 Å². The fraction of sp³-hybridized carbons (Fsp3) is 0.591. The van der Waals surface area contributed by atoms with Crippen molar-refractivity contribution in [3.63, 3.8) is 0 Å². The molecule has 31 heavy (non-hydrogen) atoms. The molecule has 0 unspecified atom stereocenters. The zero-order valence-electron chi connectivity index (χ0n) is 18.2. The van der Waals surface area contributed by atoms with Gasteiger partial charge in [-0.15, -0.1) is 11.3 Å². The molecule has 0 aromatic carbocycles. The minimum atomic E-state index is -0.0298. The van der Waals surface area contributed by atoms with Crippen LogP contribution >= 0.6 is 11.3 Å². The second kappa shape index (κ2) is 10.8. The molecular formula is C22H31N7OS. The molecule has 0 spiro atoms. The van der Waals surface area contributed by atoms with Gasteiger partial charge in [-0.3, -0.25) is 9.69 Å². The maximum Gasteiger partial charge on any atom is 0.211 e. The molecule has 1 fully saturated rings. The molecule has 3 aromatic rings. The summed E-state index contributed by atoms with van der Waals surface area (Å²) in [5.41, 5.74) is 1.46. The van der Waals surface area contributed by atoms with Crippen LogP contribution in [0.1, 0.15) is 55.3 Å². The molecule has 0 aliphatic carbocycles. The van der Waals surface area contributed by atoms with Crippen LogP contribution in [0.4, 0.5) is 5.82 Å². The summed E-state index contributed by atoms with van der Waals surface area (Å²) in [5.74, 6) is 0.836. The Hall–Kier alpha value is -2.39. The highest BCUT2D eigenvalue weighted by molar-refractivity contribution is 7.11. The second-order valence-corrected chi connectivity index (χ2v) is 8.99. The van der Waals surface area contributed by atoms with Crippen molar-refractivity contribution in [1.82, 2.24) is 29.4 Å². The molecule has 8 nitrogen and oxygen atoms in total. The smallest absolute Gasteiger partial charge is 0.211 e. The Balaban J connectivity index is 1.33. The van der Waals surface area contributed by atoms with Gasteiger partial charge in [0.05, 0.1) is 12.9 Å². The molecule has 1 saturated heterocycles. The first-order chi connectivity index (χ1) is 15.3. The standard InChI is InChI=1S/C22H31N7OS/c1-2-3-4-5-6-7-9-27-10-12-28(13-11-27)20-19-21(25-16-24-20)29(17-26-19)15-18(30)22-23-8-14-31-22/h8,14,16-17H,2-7,9-13,15H2,1H3. The Kier molecular flexibility index (Phi) is 7.58. The Morgan fingerprint density at radius 1 is 1.00 bits per heavy atom. The van der Waals surface area contributed by atoms with Gasteiger partial charge in [-0.1, -0.05) is 39.0 Å². The molecule has 4 rings (SSSR count). The lowest BCUT2D eigenvalue weighted by atomic mass is 10.1. The number of rotatable bonds is 11. The number of anilines is 1. The van der Waals surface area contributed by atoms with Crippen molar-refractivity contribution in [2.24, 2.45) is 0 Å². The predicted molar refractivity (Wildman–Crippen MR) is 124 cm³/mol. The average Bonchev–Trinajstić information content (AvgIpc) is 3.47. The van der Waals surface area contributed by atoms with Gasteiger partial charge in [0.1, 0.15) is 6.33 Å². The summed E-state index contributed by atoms with van der Waals surface area (Å²) >= 11 is 1.35. The molecule has 166 valence electrons. The number of carbonyl (C=O) groups excluding carboxylic acids is 1. The number of imidazole rings is 1. The minimum Gasteiger partial charge on any atom is -0.352 e. The van der Waals surface area contributed by atoms with E-state index in [1.807, 2.05) is 5.38 Å². The number of nitrogens with zero attached hydrogens (tertiary/aromatic N) is 7. The predicted octanol–water partition coefficient (Wildman–Crippen LogP) is 3.65. The highest BCUT2D eigenvalue weighted by Gasteiger charge is 2.22. The second-order valence-electron chi connectivity index (χ2n) is 8.10. The number of hydrogen-bond donors (Lipinski definition) is 0. The van der Waals surface area contributed by atoms with Gasteiger partial charge in [0.25, 0.3) is 0 Å². The third kappa shape index (κ3) is 5.46. The summed E-state index contributed by atoms with van der Waals surface area (Å²) in [5, 5.41) is 2.32. The summed E-state index contributed by atoms with van der Waals surface area (Å²) in [4.78, 5) is 34.9. The van der Waals surface area contributed by atoms with E-state index in [1.165, 1.54) is 56.4 Å². The van der Waals surface area contributed by atoms with E-state index >= 15 is 0 Å². The van der Waals surface area contributed by atoms with Crippen LogP contribution in [0.25, 0.3) is 11.2 Å². The van der Waals surface area contributed by atoms with Crippen molar-refractivity contribution in [2.75, 3.05) is 37.6 Å². The van der Waals surface area contributed by atoms with E-state index < -0.39 is 0 Å². The maximum absolute atomic E-state index is 12.4. The van der Waals surface area contributed by atoms with Crippen LogP contribution < -0.4 is 4.90 Å². The molecule has 1 aliphatic rings. The number of unbranched alkanes of at least 4 members (excludes halogenated alkanes) is 5. The average molecular weight is 442 g/mol. The lowest BCUT2D eigenvalue weighted by Gasteiger charge is -2.35. The molecule has 1 aliphatic heterocycles. The quantitative estimate of drug-likeness (QED) is 0.332. The van der Waals surface area contributed by atoms with E-state index in [9.17, 15) is 4.79 Å². The summed E-state index contributed by atoms with van der Waals surface area (Å²) in [6.07, 6.45) is 12.9. The third-order valence-corrected chi connectivity index (χ3v) is 6.68. The van der Waals surface area contributed by atoms with E-state index in [1.54, 1.807) is 23.4 Å². The van der Waals surface area contributed by atoms with Crippen molar-refractivity contribution in [1.29, 1.82) is 0 Å². The van der Waals surface area contributed by atoms with Crippen molar-refractivity contribution in [3.05, 3.63) is 29.2 Å². The van der Waals surface area contributed by atoms with E-state index in [2.05, 4.69) is 36.7 Å². The molecular weight excluding hydrogens is 410 g/mol. The van der Waals surface area contributed by atoms with E-state index in [-0.39, 0.29) is 12.3 Å². The number of hydrogen-bond acceptors (Lipinski definition) is 8. The van der Waals surface area contributed by atoms with Crippen LogP contribution in [0.3, 0.4) is 0 Å². The largest absolute Gasteiger partial charge is 0.352 e. The minimum absolute atomic E-state index is 0.0298. The Labute approximate surface area is 187 Å². The molecule has 9 heteroatoms. The molecule has 0 atom stereocenters. The summed E-state index contributed by atoms with van der Waals surface area (Å²) in [6.45, 7) is 7.60.